The number of ether oxygens (including phenoxy) is 1. The third-order valence-corrected chi connectivity index (χ3v) is 2.15. The van der Waals surface area contributed by atoms with Gasteiger partial charge in [-0.15, -0.1) is 13.2 Å². The number of aliphatic carboxylic acids is 1. The van der Waals surface area contributed by atoms with Crippen LogP contribution in [0.1, 0.15) is 23.1 Å². The number of nitriles is 1. The van der Waals surface area contributed by atoms with Gasteiger partial charge >= 0.3 is 12.3 Å². The van der Waals surface area contributed by atoms with Gasteiger partial charge in [0.2, 0.25) is 0 Å². The van der Waals surface area contributed by atoms with Crippen molar-refractivity contribution < 1.29 is 36.6 Å². The van der Waals surface area contributed by atoms with Gasteiger partial charge in [-0.25, -0.2) is 8.78 Å². The molecule has 9 heteroatoms. The van der Waals surface area contributed by atoms with Crippen LogP contribution in [0.4, 0.5) is 22.0 Å². The minimum atomic E-state index is -5.12. The summed E-state index contributed by atoms with van der Waals surface area (Å²) < 4.78 is 65.1. The van der Waals surface area contributed by atoms with Crippen molar-refractivity contribution in [3.63, 3.8) is 0 Å². The molecule has 0 saturated heterocycles. The second-order valence-corrected chi connectivity index (χ2v) is 3.58. The van der Waals surface area contributed by atoms with Crippen LogP contribution in [-0.2, 0) is 11.2 Å². The summed E-state index contributed by atoms with van der Waals surface area (Å²) in [6.45, 7) is 0. The number of carboxylic acids is 1. The van der Waals surface area contributed by atoms with E-state index < -0.39 is 47.6 Å². The Morgan fingerprint density at radius 3 is 2.40 bits per heavy atom. The van der Waals surface area contributed by atoms with E-state index in [-0.39, 0.29) is 0 Å². The lowest BCUT2D eigenvalue weighted by molar-refractivity contribution is -0.274. The molecule has 0 atom stereocenters. The molecule has 0 aromatic heterocycles. The van der Waals surface area contributed by atoms with E-state index in [1.165, 1.54) is 6.07 Å². The average Bonchev–Trinajstić information content (AvgIpc) is 2.25. The van der Waals surface area contributed by atoms with Gasteiger partial charge in [0.05, 0.1) is 18.1 Å². The van der Waals surface area contributed by atoms with Crippen molar-refractivity contribution in [3.8, 4) is 11.8 Å². The van der Waals surface area contributed by atoms with Crippen molar-refractivity contribution in [2.75, 3.05) is 0 Å². The summed E-state index contributed by atoms with van der Waals surface area (Å²) in [5, 5.41) is 17.3. The largest absolute Gasteiger partial charge is 0.573 e. The maximum atomic E-state index is 12.7. The molecule has 1 aromatic carbocycles. The Kier molecular flexibility index (Phi) is 4.49. The number of carbonyl (C=O) groups is 1. The van der Waals surface area contributed by atoms with E-state index in [1.807, 2.05) is 0 Å². The van der Waals surface area contributed by atoms with Crippen LogP contribution in [0.15, 0.2) is 12.1 Å². The number of halogens is 5. The van der Waals surface area contributed by atoms with E-state index in [4.69, 9.17) is 10.4 Å². The lowest BCUT2D eigenvalue weighted by atomic mass is 9.99. The van der Waals surface area contributed by atoms with Crippen molar-refractivity contribution in [3.05, 3.63) is 28.8 Å². The second kappa shape index (κ2) is 5.73. The zero-order chi connectivity index (χ0) is 15.5. The van der Waals surface area contributed by atoms with Crippen LogP contribution in [0.2, 0.25) is 0 Å². The molecule has 1 N–H and O–H groups in total. The monoisotopic (exact) mass is 295 g/mol. The summed E-state index contributed by atoms with van der Waals surface area (Å²) in [7, 11) is 0. The Hall–Kier alpha value is -2.37. The number of nitrogens with zero attached hydrogens (tertiary/aromatic N) is 1. The first kappa shape index (κ1) is 15.7. The van der Waals surface area contributed by atoms with E-state index in [0.717, 1.165) is 0 Å². The van der Waals surface area contributed by atoms with E-state index >= 15 is 0 Å². The van der Waals surface area contributed by atoms with Crippen LogP contribution in [0.5, 0.6) is 5.75 Å². The minimum Gasteiger partial charge on any atom is -0.481 e. The predicted molar refractivity (Wildman–Crippen MR) is 54.1 cm³/mol. The molecule has 4 nitrogen and oxygen atoms in total. The van der Waals surface area contributed by atoms with Crippen LogP contribution in [0, 0.1) is 11.3 Å². The number of rotatable bonds is 4. The van der Waals surface area contributed by atoms with Gasteiger partial charge in [-0.05, 0) is 17.7 Å². The fraction of sp³-hybridized carbons (Fsp3) is 0.273. The highest BCUT2D eigenvalue weighted by molar-refractivity contribution is 5.72. The summed E-state index contributed by atoms with van der Waals surface area (Å²) in [5.41, 5.74) is -2.15. The summed E-state index contributed by atoms with van der Waals surface area (Å²) in [6.07, 6.45) is -9.24. The first-order valence-electron chi connectivity index (χ1n) is 4.96. The zero-order valence-electron chi connectivity index (χ0n) is 9.54. The van der Waals surface area contributed by atoms with Crippen LogP contribution < -0.4 is 4.74 Å². The molecule has 0 heterocycles. The Morgan fingerprint density at radius 2 is 2.00 bits per heavy atom. The van der Waals surface area contributed by atoms with E-state index in [1.54, 1.807) is 0 Å². The highest BCUT2D eigenvalue weighted by atomic mass is 19.4. The third-order valence-electron chi connectivity index (χ3n) is 2.15. The van der Waals surface area contributed by atoms with Crippen LogP contribution in [0.25, 0.3) is 0 Å². The molecule has 20 heavy (non-hydrogen) atoms. The van der Waals surface area contributed by atoms with Gasteiger partial charge in [0.15, 0.2) is 0 Å². The van der Waals surface area contributed by atoms with Gasteiger partial charge in [-0.2, -0.15) is 5.26 Å². The fourth-order valence-corrected chi connectivity index (χ4v) is 1.50. The number of hydrogen-bond acceptors (Lipinski definition) is 3. The molecule has 1 aromatic rings. The van der Waals surface area contributed by atoms with Crippen LogP contribution in [0.3, 0.4) is 0 Å². The quantitative estimate of drug-likeness (QED) is 0.867. The topological polar surface area (TPSA) is 70.3 Å². The molecule has 0 saturated carbocycles. The van der Waals surface area contributed by atoms with E-state index in [9.17, 15) is 26.7 Å². The SMILES string of the molecule is N#Cc1c(CC(=O)O)cc(OC(F)(F)F)cc1C(F)F. The van der Waals surface area contributed by atoms with Gasteiger partial charge in [0, 0.05) is 5.56 Å². The molecule has 1 rings (SSSR count). The van der Waals surface area contributed by atoms with Crippen molar-refractivity contribution in [2.45, 2.75) is 19.2 Å². The number of carboxylic acid groups (broad SMARTS) is 1. The number of alkyl halides is 5. The number of hydrogen-bond donors (Lipinski definition) is 1. The Labute approximate surface area is 109 Å². The highest BCUT2D eigenvalue weighted by Crippen LogP contribution is 2.32. The zero-order valence-corrected chi connectivity index (χ0v) is 9.54. The lowest BCUT2D eigenvalue weighted by Gasteiger charge is -2.13. The van der Waals surface area contributed by atoms with Crippen molar-refractivity contribution in [1.29, 1.82) is 5.26 Å². The van der Waals surface area contributed by atoms with Crippen molar-refractivity contribution >= 4 is 5.97 Å². The molecule has 0 unspecified atom stereocenters. The molecule has 0 aliphatic carbocycles. The molecular weight excluding hydrogens is 289 g/mol. The molecule has 0 aliphatic rings. The Morgan fingerprint density at radius 1 is 1.40 bits per heavy atom. The molecule has 0 radical (unpaired) electrons. The maximum Gasteiger partial charge on any atom is 0.573 e. The highest BCUT2D eigenvalue weighted by Gasteiger charge is 2.32. The first-order valence-corrected chi connectivity index (χ1v) is 4.96. The molecule has 108 valence electrons. The van der Waals surface area contributed by atoms with Gasteiger partial charge in [0.25, 0.3) is 6.43 Å². The first-order chi connectivity index (χ1) is 9.14. The fourth-order valence-electron chi connectivity index (χ4n) is 1.50. The second-order valence-electron chi connectivity index (χ2n) is 3.58. The molecule has 0 bridgehead atoms. The summed E-state index contributed by atoms with van der Waals surface area (Å²) in [6, 6.07) is 2.33. The summed E-state index contributed by atoms with van der Waals surface area (Å²) in [5.74, 6) is -2.48. The summed E-state index contributed by atoms with van der Waals surface area (Å²) in [4.78, 5) is 10.6. The minimum absolute atomic E-state index is 0.363. The van der Waals surface area contributed by atoms with E-state index in [0.29, 0.717) is 12.1 Å². The van der Waals surface area contributed by atoms with Gasteiger partial charge in [0.1, 0.15) is 5.75 Å². The Bertz CT molecular complexity index is 562. The smallest absolute Gasteiger partial charge is 0.481 e. The molecular formula is C11H6F5NO3. The van der Waals surface area contributed by atoms with Crippen LogP contribution >= 0.6 is 0 Å². The average molecular weight is 295 g/mol. The molecule has 0 fully saturated rings. The van der Waals surface area contributed by atoms with Crippen LogP contribution in [-0.4, -0.2) is 17.4 Å². The van der Waals surface area contributed by atoms with E-state index in [2.05, 4.69) is 4.74 Å². The number of benzene rings is 1. The third kappa shape index (κ3) is 4.08. The predicted octanol–water partition coefficient (Wildman–Crippen LogP) is 3.02. The Balaban J connectivity index is 3.40. The normalized spacial score (nSPS) is 11.2. The van der Waals surface area contributed by atoms with Gasteiger partial charge < -0.3 is 9.84 Å². The van der Waals surface area contributed by atoms with Gasteiger partial charge in [-0.3, -0.25) is 4.79 Å². The standard InChI is InChI=1S/C11H6F5NO3/c12-10(13)7-3-6(20-11(14,15)16)1-5(2-9(18)19)8(7)4-17/h1,3,10H,2H2,(H,18,19). The molecule has 0 spiro atoms. The molecule has 0 aliphatic heterocycles. The van der Waals surface area contributed by atoms with Crippen molar-refractivity contribution in [2.24, 2.45) is 0 Å². The lowest BCUT2D eigenvalue weighted by Crippen LogP contribution is -2.18. The summed E-state index contributed by atoms with van der Waals surface area (Å²) >= 11 is 0. The van der Waals surface area contributed by atoms with Crippen molar-refractivity contribution in [1.82, 2.24) is 0 Å². The molecule has 0 amide bonds. The maximum absolute atomic E-state index is 12.7. The van der Waals surface area contributed by atoms with Gasteiger partial charge in [-0.1, -0.05) is 0 Å².